The molecule has 45 heavy (non-hydrogen) atoms. The van der Waals surface area contributed by atoms with E-state index in [9.17, 15) is 9.18 Å². The molecule has 3 atom stereocenters. The summed E-state index contributed by atoms with van der Waals surface area (Å²) in [5, 5.41) is 12.6. The van der Waals surface area contributed by atoms with Crippen LogP contribution in [-0.4, -0.2) is 95.0 Å². The molecule has 2 N–H and O–H groups in total. The molecule has 0 spiro atoms. The summed E-state index contributed by atoms with van der Waals surface area (Å²) < 4.78 is 26.3. The highest BCUT2D eigenvalue weighted by atomic mass is 19.1. The Hall–Kier alpha value is -4.50. The van der Waals surface area contributed by atoms with E-state index in [1.54, 1.807) is 42.4 Å². The lowest BCUT2D eigenvalue weighted by Gasteiger charge is -2.19. The summed E-state index contributed by atoms with van der Waals surface area (Å²) in [4.78, 5) is 34.6. The number of carbonyl (C=O) groups is 1. The van der Waals surface area contributed by atoms with Crippen LogP contribution in [0.3, 0.4) is 0 Å². The standard InChI is InChI=1S/C31H36FN9O4/c1-20-27(22-16-34-30(35-17-22)39-12-10-24(18-39)44-3)38-41(23-7-5-4-6-8-23)29(20)37-31(42)36-25-19-40(13-14-43-2)45-28(25)21-9-11-33-26(32)15-21/h4-9,11,15-17,24-25,28H,10,12-14,18-19H2,1-3H3,(H2,36,37,42)/t24-,25-,28+/m1/s1. The van der Waals surface area contributed by atoms with E-state index in [0.29, 0.717) is 42.7 Å². The number of para-hydroxylation sites is 1. The molecule has 2 amide bonds. The molecule has 6 rings (SSSR count). The maximum atomic E-state index is 14.0. The first kappa shape index (κ1) is 30.5. The quantitative estimate of drug-likeness (QED) is 0.255. The van der Waals surface area contributed by atoms with Gasteiger partial charge in [-0.25, -0.2) is 24.4 Å². The number of carbonyl (C=O) groups excluding carboxylic acids is 1. The summed E-state index contributed by atoms with van der Waals surface area (Å²) in [6.45, 7) is 4.76. The van der Waals surface area contributed by atoms with Crippen molar-refractivity contribution in [2.45, 2.75) is 31.6 Å². The minimum absolute atomic E-state index is 0.169. The summed E-state index contributed by atoms with van der Waals surface area (Å²) in [6.07, 6.45) is 5.36. The Morgan fingerprint density at radius 2 is 1.91 bits per heavy atom. The predicted octanol–water partition coefficient (Wildman–Crippen LogP) is 3.52. The van der Waals surface area contributed by atoms with Crippen molar-refractivity contribution in [2.75, 3.05) is 57.2 Å². The number of hydrogen-bond acceptors (Lipinski definition) is 10. The molecule has 0 saturated carbocycles. The number of benzene rings is 1. The molecule has 3 aromatic heterocycles. The molecule has 2 aliphatic heterocycles. The Morgan fingerprint density at radius 1 is 1.11 bits per heavy atom. The highest BCUT2D eigenvalue weighted by molar-refractivity contribution is 5.91. The molecule has 2 saturated heterocycles. The van der Waals surface area contributed by atoms with Gasteiger partial charge in [-0.2, -0.15) is 14.6 Å². The van der Waals surface area contributed by atoms with Crippen molar-refractivity contribution in [2.24, 2.45) is 0 Å². The number of rotatable bonds is 10. The Kier molecular flexibility index (Phi) is 9.26. The van der Waals surface area contributed by atoms with Crippen LogP contribution >= 0.6 is 0 Å². The van der Waals surface area contributed by atoms with Crippen LogP contribution in [0.1, 0.15) is 23.7 Å². The van der Waals surface area contributed by atoms with Crippen molar-refractivity contribution in [1.29, 1.82) is 0 Å². The Balaban J connectivity index is 1.25. The van der Waals surface area contributed by atoms with E-state index < -0.39 is 24.1 Å². The van der Waals surface area contributed by atoms with E-state index >= 15 is 0 Å². The molecule has 5 heterocycles. The van der Waals surface area contributed by atoms with Crippen molar-refractivity contribution in [3.05, 3.63) is 78.1 Å². The maximum Gasteiger partial charge on any atom is 0.320 e. The normalized spacial score (nSPS) is 20.1. The van der Waals surface area contributed by atoms with Gasteiger partial charge in [0.25, 0.3) is 0 Å². The fraction of sp³-hybridized carbons (Fsp3) is 0.387. The van der Waals surface area contributed by atoms with Crippen LogP contribution < -0.4 is 15.5 Å². The number of ether oxygens (including phenoxy) is 2. The molecule has 0 unspecified atom stereocenters. The second-order valence-corrected chi connectivity index (χ2v) is 11.0. The van der Waals surface area contributed by atoms with Crippen LogP contribution in [-0.2, 0) is 14.3 Å². The van der Waals surface area contributed by atoms with E-state index in [-0.39, 0.29) is 6.10 Å². The lowest BCUT2D eigenvalue weighted by Crippen LogP contribution is -2.42. The third kappa shape index (κ3) is 6.78. The first-order valence-electron chi connectivity index (χ1n) is 14.8. The number of urea groups is 1. The third-order valence-corrected chi connectivity index (χ3v) is 8.00. The molecule has 0 radical (unpaired) electrons. The Bertz CT molecular complexity index is 1600. The molecule has 0 aliphatic carbocycles. The molecule has 236 valence electrons. The molecule has 4 aromatic rings. The van der Waals surface area contributed by atoms with Gasteiger partial charge < -0.3 is 19.7 Å². The minimum atomic E-state index is -0.624. The van der Waals surface area contributed by atoms with Gasteiger partial charge in [-0.05, 0) is 43.2 Å². The smallest absolute Gasteiger partial charge is 0.320 e. The number of nitrogens with one attached hydrogen (secondary N) is 2. The first-order valence-corrected chi connectivity index (χ1v) is 14.8. The van der Waals surface area contributed by atoms with E-state index in [1.165, 1.54) is 12.3 Å². The fourth-order valence-electron chi connectivity index (χ4n) is 5.63. The maximum absolute atomic E-state index is 14.0. The molecule has 14 heteroatoms. The lowest BCUT2D eigenvalue weighted by molar-refractivity contribution is -0.154. The number of anilines is 2. The van der Waals surface area contributed by atoms with Gasteiger partial charge in [-0.1, -0.05) is 18.2 Å². The summed E-state index contributed by atoms with van der Waals surface area (Å²) in [5.74, 6) is 0.501. The van der Waals surface area contributed by atoms with Crippen LogP contribution in [0.25, 0.3) is 16.9 Å². The van der Waals surface area contributed by atoms with Gasteiger partial charge in [-0.3, -0.25) is 10.2 Å². The van der Waals surface area contributed by atoms with Gasteiger partial charge >= 0.3 is 6.03 Å². The van der Waals surface area contributed by atoms with Crippen LogP contribution in [0.2, 0.25) is 0 Å². The number of nitrogens with zero attached hydrogens (tertiary/aromatic N) is 7. The monoisotopic (exact) mass is 617 g/mol. The van der Waals surface area contributed by atoms with Crippen molar-refractivity contribution >= 4 is 17.8 Å². The number of methoxy groups -OCH3 is 2. The van der Waals surface area contributed by atoms with E-state index in [2.05, 4.69) is 30.5 Å². The first-order chi connectivity index (χ1) is 21.9. The SMILES string of the molecule is COCCN1C[C@@H](NC(=O)Nc2c(C)c(-c3cnc(N4CC[C@@H](OC)C4)nc3)nn2-c2ccccc2)[C@H](c2ccnc(F)c2)O1. The zero-order valence-electron chi connectivity index (χ0n) is 25.4. The van der Waals surface area contributed by atoms with Gasteiger partial charge in [0.2, 0.25) is 11.9 Å². The number of hydroxylamine groups is 2. The highest BCUT2D eigenvalue weighted by Crippen LogP contribution is 2.32. The van der Waals surface area contributed by atoms with Gasteiger partial charge in [0, 0.05) is 70.1 Å². The summed E-state index contributed by atoms with van der Waals surface area (Å²) in [5.41, 5.74) is 3.42. The molecule has 1 aromatic carbocycles. The molecule has 2 fully saturated rings. The predicted molar refractivity (Wildman–Crippen MR) is 164 cm³/mol. The van der Waals surface area contributed by atoms with Crippen molar-refractivity contribution in [3.63, 3.8) is 0 Å². The molecular formula is C31H36FN9O4. The molecule has 13 nitrogen and oxygen atoms in total. The second-order valence-electron chi connectivity index (χ2n) is 11.0. The van der Waals surface area contributed by atoms with E-state index in [1.807, 2.05) is 37.3 Å². The zero-order valence-corrected chi connectivity index (χ0v) is 25.4. The van der Waals surface area contributed by atoms with Gasteiger partial charge in [0.05, 0.1) is 24.4 Å². The van der Waals surface area contributed by atoms with Crippen molar-refractivity contribution < 1.29 is 23.5 Å². The highest BCUT2D eigenvalue weighted by Gasteiger charge is 2.37. The molecule has 0 bridgehead atoms. The fourth-order valence-corrected chi connectivity index (χ4v) is 5.63. The number of pyridine rings is 1. The van der Waals surface area contributed by atoms with Gasteiger partial charge in [0.15, 0.2) is 0 Å². The number of halogens is 1. The Morgan fingerprint density at radius 3 is 2.62 bits per heavy atom. The topological polar surface area (TPSA) is 132 Å². The molecule has 2 aliphatic rings. The summed E-state index contributed by atoms with van der Waals surface area (Å²) in [6, 6.07) is 11.6. The number of aromatic nitrogens is 5. The second kappa shape index (κ2) is 13.6. The van der Waals surface area contributed by atoms with Gasteiger partial charge in [-0.15, -0.1) is 0 Å². The minimum Gasteiger partial charge on any atom is -0.383 e. The average molecular weight is 618 g/mol. The zero-order chi connectivity index (χ0) is 31.3. The van der Waals surface area contributed by atoms with Crippen LogP contribution in [0.15, 0.2) is 61.1 Å². The van der Waals surface area contributed by atoms with E-state index in [0.717, 1.165) is 36.3 Å². The van der Waals surface area contributed by atoms with Crippen molar-refractivity contribution in [3.8, 4) is 16.9 Å². The number of hydrogen-bond donors (Lipinski definition) is 2. The molecular weight excluding hydrogens is 581 g/mol. The van der Waals surface area contributed by atoms with Crippen LogP contribution in [0, 0.1) is 12.9 Å². The summed E-state index contributed by atoms with van der Waals surface area (Å²) >= 11 is 0. The van der Waals surface area contributed by atoms with E-state index in [4.69, 9.17) is 19.4 Å². The Labute approximate surface area is 260 Å². The van der Waals surface area contributed by atoms with Crippen LogP contribution in [0.4, 0.5) is 21.0 Å². The summed E-state index contributed by atoms with van der Waals surface area (Å²) in [7, 11) is 3.32. The van der Waals surface area contributed by atoms with Crippen molar-refractivity contribution in [1.82, 2.24) is 35.1 Å². The third-order valence-electron chi connectivity index (χ3n) is 8.00. The lowest BCUT2D eigenvalue weighted by atomic mass is 10.0. The van der Waals surface area contributed by atoms with Gasteiger partial charge in [0.1, 0.15) is 17.6 Å². The average Bonchev–Trinajstić information content (AvgIpc) is 3.78. The number of amides is 2. The van der Waals surface area contributed by atoms with Crippen LogP contribution in [0.5, 0.6) is 0 Å². The largest absolute Gasteiger partial charge is 0.383 e.